The van der Waals surface area contributed by atoms with Gasteiger partial charge in [-0.2, -0.15) is 0 Å². The van der Waals surface area contributed by atoms with Crippen molar-refractivity contribution in [2.24, 2.45) is 0 Å². The number of alkyl halides is 1. The van der Waals surface area contributed by atoms with Crippen LogP contribution in [0.5, 0.6) is 0 Å². The number of benzene rings is 4. The van der Waals surface area contributed by atoms with Gasteiger partial charge in [0.25, 0.3) is 0 Å². The summed E-state index contributed by atoms with van der Waals surface area (Å²) in [5.41, 5.74) is 0.725. The first-order valence-corrected chi connectivity index (χ1v) is 13.7. The van der Waals surface area contributed by atoms with Gasteiger partial charge in [-0.3, -0.25) is 0 Å². The highest BCUT2D eigenvalue weighted by molar-refractivity contribution is 5.96. The Balaban J connectivity index is 1.29. The molecule has 0 amide bonds. The van der Waals surface area contributed by atoms with Crippen molar-refractivity contribution in [1.29, 1.82) is 0 Å². The fourth-order valence-electron chi connectivity index (χ4n) is 5.13. The van der Waals surface area contributed by atoms with E-state index in [-0.39, 0.29) is 6.61 Å². The number of hydrogen-bond acceptors (Lipinski definition) is 5. The van der Waals surface area contributed by atoms with Crippen LogP contribution in [-0.2, 0) is 14.2 Å². The van der Waals surface area contributed by atoms with Crippen molar-refractivity contribution in [3.05, 3.63) is 96.1 Å². The molecular weight excluding hydrogens is 495 g/mol. The number of esters is 2. The molecule has 0 N–H and O–H groups in total. The van der Waals surface area contributed by atoms with Crippen LogP contribution in [0.15, 0.2) is 84.9 Å². The van der Waals surface area contributed by atoms with E-state index < -0.39 is 36.4 Å². The number of rotatable bonds is 10. The number of halogens is 1. The third-order valence-corrected chi connectivity index (χ3v) is 7.32. The van der Waals surface area contributed by atoms with Crippen LogP contribution in [-0.4, -0.2) is 43.0 Å². The van der Waals surface area contributed by atoms with E-state index in [0.717, 1.165) is 47.2 Å². The van der Waals surface area contributed by atoms with Crippen LogP contribution in [0.3, 0.4) is 0 Å². The van der Waals surface area contributed by atoms with Gasteiger partial charge in [-0.1, -0.05) is 93.3 Å². The Hall–Kier alpha value is -3.77. The Bertz CT molecular complexity index is 1450. The van der Waals surface area contributed by atoms with E-state index in [2.05, 4.69) is 6.92 Å². The van der Waals surface area contributed by atoms with Crippen molar-refractivity contribution < 1.29 is 28.2 Å². The van der Waals surface area contributed by atoms with Gasteiger partial charge in [-0.25, -0.2) is 14.0 Å². The molecule has 1 aliphatic rings. The van der Waals surface area contributed by atoms with Crippen molar-refractivity contribution >= 4 is 33.5 Å². The molecule has 202 valence electrons. The summed E-state index contributed by atoms with van der Waals surface area (Å²) in [6.07, 6.45) is 0.136. The van der Waals surface area contributed by atoms with Gasteiger partial charge in [0.15, 0.2) is 12.3 Å². The van der Waals surface area contributed by atoms with Crippen molar-refractivity contribution in [2.45, 2.75) is 63.5 Å². The summed E-state index contributed by atoms with van der Waals surface area (Å²) < 4.78 is 32.9. The first kappa shape index (κ1) is 26.8. The number of ether oxygens (including phenoxy) is 3. The lowest BCUT2D eigenvalue weighted by atomic mass is 10.0. The summed E-state index contributed by atoms with van der Waals surface area (Å²) in [5, 5.41) is 3.82. The molecule has 4 aromatic rings. The monoisotopic (exact) mass is 528 g/mol. The highest BCUT2D eigenvalue weighted by Gasteiger charge is 2.48. The lowest BCUT2D eigenvalue weighted by Gasteiger charge is -2.20. The second-order valence-corrected chi connectivity index (χ2v) is 10.1. The van der Waals surface area contributed by atoms with Crippen molar-refractivity contribution in [2.75, 3.05) is 6.61 Å². The highest BCUT2D eigenvalue weighted by Crippen LogP contribution is 2.31. The standard InChI is InChI=1S/C33H33FO5/c1-2-3-4-5-14-28-30(34)31(39-33(36)27-18-16-23-11-7-9-13-25(23)20-27)29(38-28)21-37-32(35)26-17-15-22-10-6-8-12-24(22)19-26/h6-13,15-20,28-31H,2-5,14,21H2,1H3/t28?,29-,30-,31-/m1/s1. The Labute approximate surface area is 227 Å². The Kier molecular flexibility index (Phi) is 8.52. The van der Waals surface area contributed by atoms with Crippen LogP contribution in [0.25, 0.3) is 21.5 Å². The van der Waals surface area contributed by atoms with E-state index >= 15 is 4.39 Å². The molecule has 1 aliphatic heterocycles. The van der Waals surface area contributed by atoms with Gasteiger partial charge < -0.3 is 14.2 Å². The molecule has 0 saturated carbocycles. The van der Waals surface area contributed by atoms with Crippen LogP contribution in [0.1, 0.15) is 59.7 Å². The zero-order valence-electron chi connectivity index (χ0n) is 22.1. The first-order chi connectivity index (χ1) is 19.0. The molecule has 6 heteroatoms. The van der Waals surface area contributed by atoms with Gasteiger partial charge in [-0.15, -0.1) is 0 Å². The molecule has 0 spiro atoms. The maximum atomic E-state index is 15.6. The number of hydrogen-bond donors (Lipinski definition) is 0. The topological polar surface area (TPSA) is 61.8 Å². The molecule has 1 heterocycles. The van der Waals surface area contributed by atoms with Gasteiger partial charge in [0.2, 0.25) is 0 Å². The summed E-state index contributed by atoms with van der Waals surface area (Å²) >= 11 is 0. The minimum atomic E-state index is -1.51. The van der Waals surface area contributed by atoms with Crippen molar-refractivity contribution in [3.63, 3.8) is 0 Å². The molecule has 1 saturated heterocycles. The van der Waals surface area contributed by atoms with Gasteiger partial charge in [0, 0.05) is 0 Å². The van der Waals surface area contributed by atoms with Crippen molar-refractivity contribution in [1.82, 2.24) is 0 Å². The molecule has 5 rings (SSSR count). The lowest BCUT2D eigenvalue weighted by Crippen LogP contribution is -2.37. The molecule has 0 radical (unpaired) electrons. The maximum Gasteiger partial charge on any atom is 0.338 e. The van der Waals surface area contributed by atoms with Gasteiger partial charge in [0.1, 0.15) is 12.7 Å². The zero-order valence-corrected chi connectivity index (χ0v) is 22.1. The average molecular weight is 529 g/mol. The molecule has 0 bridgehead atoms. The van der Waals surface area contributed by atoms with E-state index in [1.165, 1.54) is 0 Å². The van der Waals surface area contributed by atoms with Gasteiger partial charge in [-0.05, 0) is 52.2 Å². The SMILES string of the molecule is CCCCCCC1O[C@H](COC(=O)c2ccc3ccccc3c2)[C@@H](OC(=O)c2ccc3ccccc3c2)[C@@H]1F. The van der Waals surface area contributed by atoms with Crippen LogP contribution in [0.2, 0.25) is 0 Å². The maximum absolute atomic E-state index is 15.6. The van der Waals surface area contributed by atoms with Gasteiger partial charge in [0.05, 0.1) is 17.2 Å². The quantitative estimate of drug-likeness (QED) is 0.158. The molecule has 4 atom stereocenters. The van der Waals surface area contributed by atoms with Crippen LogP contribution < -0.4 is 0 Å². The van der Waals surface area contributed by atoms with E-state index in [0.29, 0.717) is 17.5 Å². The van der Waals surface area contributed by atoms with Crippen LogP contribution in [0.4, 0.5) is 4.39 Å². The Morgan fingerprint density at radius 1 is 0.744 bits per heavy atom. The predicted molar refractivity (Wildman–Crippen MR) is 150 cm³/mol. The second-order valence-electron chi connectivity index (χ2n) is 10.1. The summed E-state index contributed by atoms with van der Waals surface area (Å²) in [7, 11) is 0. The summed E-state index contributed by atoms with van der Waals surface area (Å²) in [6, 6.07) is 26.0. The summed E-state index contributed by atoms with van der Waals surface area (Å²) in [4.78, 5) is 25.9. The fourth-order valence-corrected chi connectivity index (χ4v) is 5.13. The molecule has 5 nitrogen and oxygen atoms in total. The Morgan fingerprint density at radius 2 is 1.33 bits per heavy atom. The zero-order chi connectivity index (χ0) is 27.2. The lowest BCUT2D eigenvalue weighted by molar-refractivity contribution is -0.0438. The van der Waals surface area contributed by atoms with E-state index in [4.69, 9.17) is 14.2 Å². The number of fused-ring (bicyclic) bond motifs is 2. The molecule has 1 unspecified atom stereocenters. The average Bonchev–Trinajstić information content (AvgIpc) is 3.26. The second kappa shape index (κ2) is 12.4. The summed E-state index contributed by atoms with van der Waals surface area (Å²) in [5.74, 6) is -1.17. The third kappa shape index (κ3) is 6.28. The summed E-state index contributed by atoms with van der Waals surface area (Å²) in [6.45, 7) is 1.90. The van der Waals surface area contributed by atoms with E-state index in [9.17, 15) is 9.59 Å². The molecule has 0 aliphatic carbocycles. The number of carbonyl (C=O) groups excluding carboxylic acids is 2. The smallest absolute Gasteiger partial charge is 0.338 e. The largest absolute Gasteiger partial charge is 0.459 e. The molecule has 0 aromatic heterocycles. The normalized spacial score (nSPS) is 20.8. The molecular formula is C33H33FO5. The van der Waals surface area contributed by atoms with Crippen molar-refractivity contribution in [3.8, 4) is 0 Å². The number of carbonyl (C=O) groups is 2. The van der Waals surface area contributed by atoms with Crippen LogP contribution in [0, 0.1) is 0 Å². The Morgan fingerprint density at radius 3 is 1.95 bits per heavy atom. The molecule has 4 aromatic carbocycles. The van der Waals surface area contributed by atoms with E-state index in [1.807, 2.05) is 60.7 Å². The third-order valence-electron chi connectivity index (χ3n) is 7.32. The first-order valence-electron chi connectivity index (χ1n) is 13.7. The minimum Gasteiger partial charge on any atom is -0.459 e. The van der Waals surface area contributed by atoms with E-state index in [1.54, 1.807) is 24.3 Å². The molecule has 39 heavy (non-hydrogen) atoms. The predicted octanol–water partition coefficient (Wildman–Crippen LogP) is 7.45. The highest BCUT2D eigenvalue weighted by atomic mass is 19.1. The molecule has 1 fully saturated rings. The minimum absolute atomic E-state index is 0.215. The van der Waals surface area contributed by atoms with Gasteiger partial charge >= 0.3 is 11.9 Å². The van der Waals surface area contributed by atoms with Crippen LogP contribution >= 0.6 is 0 Å². The number of unbranched alkanes of at least 4 members (excludes halogenated alkanes) is 3. The fraction of sp³-hybridized carbons (Fsp3) is 0.333.